The number of hydrogen-bond donors (Lipinski definition) is 1. The molecule has 1 aliphatic heterocycles. The minimum Gasteiger partial charge on any atom is -0.308 e. The zero-order valence-corrected chi connectivity index (χ0v) is 3.78. The van der Waals surface area contributed by atoms with E-state index in [9.17, 15) is 0 Å². The van der Waals surface area contributed by atoms with E-state index < -0.39 is 0 Å². The molecule has 34 valence electrons. The van der Waals surface area contributed by atoms with E-state index in [4.69, 9.17) is 0 Å². The molecule has 1 saturated carbocycles. The Morgan fingerprint density at radius 1 is 1.17 bits per heavy atom. The average molecular weight is 83.1 g/mol. The van der Waals surface area contributed by atoms with Gasteiger partial charge < -0.3 is 5.32 Å². The number of hydrogen-bond acceptors (Lipinski definition) is 1. The van der Waals surface area contributed by atoms with Crippen LogP contribution in [0, 0.1) is 0 Å². The van der Waals surface area contributed by atoms with Crippen LogP contribution in [0.1, 0.15) is 19.3 Å². The molecular weight excluding hydrogens is 74.1 g/mol. The number of fused-ring (bicyclic) bond motifs is 1. The quantitative estimate of drug-likeness (QED) is 0.423. The molecule has 1 saturated heterocycles. The lowest BCUT2D eigenvalue weighted by Crippen LogP contribution is -1.88. The maximum Gasteiger partial charge on any atom is 0.0224 e. The van der Waals surface area contributed by atoms with Crippen molar-refractivity contribution in [1.29, 1.82) is 0 Å². The smallest absolute Gasteiger partial charge is 0.0224 e. The fraction of sp³-hybridized carbons (Fsp3) is 1.00. The monoisotopic (exact) mass is 83.1 g/mol. The zero-order valence-electron chi connectivity index (χ0n) is 3.78. The molecule has 1 aliphatic carbocycles. The Hall–Kier alpha value is -0.0400. The Labute approximate surface area is 37.7 Å². The summed E-state index contributed by atoms with van der Waals surface area (Å²) in [6, 6.07) is 1.93. The van der Waals surface area contributed by atoms with Gasteiger partial charge in [-0.25, -0.2) is 0 Å². The van der Waals surface area contributed by atoms with Crippen LogP contribution in [0.25, 0.3) is 0 Å². The summed E-state index contributed by atoms with van der Waals surface area (Å²) >= 11 is 0. The molecule has 1 nitrogen and oxygen atoms in total. The highest BCUT2D eigenvalue weighted by atomic mass is 15.2. The van der Waals surface area contributed by atoms with Crippen LogP contribution in [0.5, 0.6) is 0 Å². The van der Waals surface area contributed by atoms with E-state index in [2.05, 4.69) is 5.32 Å². The summed E-state index contributed by atoms with van der Waals surface area (Å²) in [6.07, 6.45) is 4.37. The first-order valence-corrected chi connectivity index (χ1v) is 2.73. The van der Waals surface area contributed by atoms with E-state index in [0.29, 0.717) is 0 Å². The molecule has 2 atom stereocenters. The largest absolute Gasteiger partial charge is 0.308 e. The standard InChI is InChI=1S/C5H9N/c1-2-4-5(3-1)6-4/h4-6H,1-3H2/t4-,5?/m1/s1. The van der Waals surface area contributed by atoms with E-state index in [1.54, 1.807) is 0 Å². The van der Waals surface area contributed by atoms with Gasteiger partial charge in [0.2, 0.25) is 0 Å². The first-order valence-electron chi connectivity index (χ1n) is 2.73. The minimum atomic E-state index is 0.963. The molecule has 2 rings (SSSR count). The molecule has 6 heavy (non-hydrogen) atoms. The lowest BCUT2D eigenvalue weighted by molar-refractivity contribution is 0.742. The highest BCUT2D eigenvalue weighted by molar-refractivity contribution is 5.02. The highest BCUT2D eigenvalue weighted by Crippen LogP contribution is 2.29. The van der Waals surface area contributed by atoms with Crippen molar-refractivity contribution in [1.82, 2.24) is 5.32 Å². The van der Waals surface area contributed by atoms with E-state index in [0.717, 1.165) is 12.1 Å². The Bertz CT molecular complexity index is 62.3. The van der Waals surface area contributed by atoms with E-state index in [1.807, 2.05) is 0 Å². The number of rotatable bonds is 0. The Balaban J connectivity index is 2.09. The molecule has 0 spiro atoms. The predicted octanol–water partition coefficient (Wildman–Crippen LogP) is 0.511. The van der Waals surface area contributed by atoms with Crippen LogP contribution in [-0.4, -0.2) is 12.1 Å². The van der Waals surface area contributed by atoms with Gasteiger partial charge in [-0.1, -0.05) is 6.42 Å². The second-order valence-corrected chi connectivity index (χ2v) is 2.31. The van der Waals surface area contributed by atoms with Crippen LogP contribution in [0.3, 0.4) is 0 Å². The third-order valence-electron chi connectivity index (χ3n) is 1.83. The van der Waals surface area contributed by atoms with Gasteiger partial charge >= 0.3 is 0 Å². The van der Waals surface area contributed by atoms with Gasteiger partial charge in [0.15, 0.2) is 0 Å². The van der Waals surface area contributed by atoms with E-state index >= 15 is 0 Å². The second-order valence-electron chi connectivity index (χ2n) is 2.31. The fourth-order valence-electron chi connectivity index (χ4n) is 1.35. The molecule has 2 aliphatic rings. The fourth-order valence-corrected chi connectivity index (χ4v) is 1.35. The summed E-state index contributed by atoms with van der Waals surface area (Å²) in [6.45, 7) is 0. The lowest BCUT2D eigenvalue weighted by Gasteiger charge is -1.82. The molecule has 0 bridgehead atoms. The van der Waals surface area contributed by atoms with Crippen LogP contribution < -0.4 is 5.32 Å². The van der Waals surface area contributed by atoms with Gasteiger partial charge in [-0.2, -0.15) is 0 Å². The molecular formula is C5H9N. The lowest BCUT2D eigenvalue weighted by atomic mass is 10.3. The van der Waals surface area contributed by atoms with E-state index in [1.165, 1.54) is 19.3 Å². The molecule has 0 aromatic heterocycles. The third-order valence-corrected chi connectivity index (χ3v) is 1.83. The Kier molecular flexibility index (Phi) is 0.396. The van der Waals surface area contributed by atoms with Gasteiger partial charge in [-0.05, 0) is 12.8 Å². The van der Waals surface area contributed by atoms with Gasteiger partial charge in [-0.3, -0.25) is 0 Å². The Morgan fingerprint density at radius 3 is 2.00 bits per heavy atom. The van der Waals surface area contributed by atoms with Gasteiger partial charge in [0.25, 0.3) is 0 Å². The molecule has 1 unspecified atom stereocenters. The van der Waals surface area contributed by atoms with Crippen molar-refractivity contribution in [3.8, 4) is 0 Å². The number of piperidine rings is 1. The molecule has 0 aromatic rings. The van der Waals surface area contributed by atoms with Crippen LogP contribution >= 0.6 is 0 Å². The van der Waals surface area contributed by atoms with Gasteiger partial charge in [0.1, 0.15) is 0 Å². The van der Waals surface area contributed by atoms with Crippen molar-refractivity contribution in [2.45, 2.75) is 31.3 Å². The number of nitrogens with one attached hydrogen (secondary N) is 1. The summed E-state index contributed by atoms with van der Waals surface area (Å²) in [4.78, 5) is 0. The predicted molar refractivity (Wildman–Crippen MR) is 24.6 cm³/mol. The van der Waals surface area contributed by atoms with Crippen molar-refractivity contribution >= 4 is 0 Å². The molecule has 1 heterocycles. The maximum atomic E-state index is 3.37. The van der Waals surface area contributed by atoms with Crippen molar-refractivity contribution in [2.75, 3.05) is 0 Å². The van der Waals surface area contributed by atoms with Crippen molar-refractivity contribution in [3.63, 3.8) is 0 Å². The van der Waals surface area contributed by atoms with Crippen LogP contribution in [0.15, 0.2) is 0 Å². The summed E-state index contributed by atoms with van der Waals surface area (Å²) in [7, 11) is 0. The summed E-state index contributed by atoms with van der Waals surface area (Å²) in [5, 5.41) is 3.37. The third kappa shape index (κ3) is 0.243. The van der Waals surface area contributed by atoms with Gasteiger partial charge in [0, 0.05) is 12.1 Å². The van der Waals surface area contributed by atoms with E-state index in [-0.39, 0.29) is 0 Å². The summed E-state index contributed by atoms with van der Waals surface area (Å²) in [5.41, 5.74) is 0. The Morgan fingerprint density at radius 2 is 1.83 bits per heavy atom. The first-order chi connectivity index (χ1) is 2.97. The minimum absolute atomic E-state index is 0.963. The van der Waals surface area contributed by atoms with Crippen LogP contribution in [0.4, 0.5) is 0 Å². The molecule has 2 fully saturated rings. The highest BCUT2D eigenvalue weighted by Gasteiger charge is 2.39. The van der Waals surface area contributed by atoms with Gasteiger partial charge in [0.05, 0.1) is 0 Å². The molecule has 0 aromatic carbocycles. The summed E-state index contributed by atoms with van der Waals surface area (Å²) in [5.74, 6) is 0. The topological polar surface area (TPSA) is 21.9 Å². The zero-order chi connectivity index (χ0) is 3.98. The molecule has 0 amide bonds. The van der Waals surface area contributed by atoms with Crippen molar-refractivity contribution in [3.05, 3.63) is 0 Å². The average Bonchev–Trinajstić information content (AvgIpc) is 2.17. The SMILES string of the molecule is C1CC2N[C@@H]2C1. The molecule has 0 radical (unpaired) electrons. The second kappa shape index (κ2) is 0.784. The maximum absolute atomic E-state index is 3.37. The summed E-state index contributed by atoms with van der Waals surface area (Å²) < 4.78 is 0. The van der Waals surface area contributed by atoms with Crippen LogP contribution in [0.2, 0.25) is 0 Å². The van der Waals surface area contributed by atoms with Gasteiger partial charge in [-0.15, -0.1) is 0 Å². The van der Waals surface area contributed by atoms with Crippen LogP contribution in [-0.2, 0) is 0 Å². The normalized spacial score (nSPS) is 52.0. The molecule has 1 N–H and O–H groups in total. The molecule has 1 heteroatoms. The first kappa shape index (κ1) is 3.03. The van der Waals surface area contributed by atoms with Crippen molar-refractivity contribution < 1.29 is 0 Å². The van der Waals surface area contributed by atoms with Crippen molar-refractivity contribution in [2.24, 2.45) is 0 Å².